The lowest BCUT2D eigenvalue weighted by atomic mass is 10.0. The number of amides is 4. The number of urea groups is 1. The smallest absolute Gasteiger partial charge is 0.273 e. The molecule has 33 heavy (non-hydrogen) atoms. The fraction of sp³-hybridized carbons (Fsp3) is 0.115. The molecular weight excluding hydrogens is 487 g/mol. The highest BCUT2D eigenvalue weighted by Gasteiger charge is 2.36. The van der Waals surface area contributed by atoms with E-state index in [4.69, 9.17) is 0 Å². The molecule has 7 heteroatoms. The molecule has 0 aromatic heterocycles. The first-order valence-electron chi connectivity index (χ1n) is 10.4. The van der Waals surface area contributed by atoms with Crippen molar-refractivity contribution in [2.75, 3.05) is 4.90 Å². The minimum absolute atomic E-state index is 0.140. The number of imide groups is 2. The van der Waals surface area contributed by atoms with Gasteiger partial charge in [-0.3, -0.25) is 14.9 Å². The summed E-state index contributed by atoms with van der Waals surface area (Å²) in [6, 6.07) is 18.0. The number of anilines is 1. The first-order valence-corrected chi connectivity index (χ1v) is 11.2. The number of hydrogen-bond donors (Lipinski definition) is 1. The van der Waals surface area contributed by atoms with Gasteiger partial charge < -0.3 is 0 Å². The second kappa shape index (κ2) is 9.50. The van der Waals surface area contributed by atoms with E-state index in [9.17, 15) is 18.8 Å². The number of benzene rings is 3. The van der Waals surface area contributed by atoms with E-state index in [0.717, 1.165) is 32.5 Å². The standard InChI is InChI=1S/C26H20BrFN2O3/c1-2-16-7-10-21(11-8-16)30-25(32)22(24(31)29-26(30)33)14-18-6-9-19(23(27)15-18)12-17-4-3-5-20(28)13-17/h3-11,13-15H,2,12H2,1H3,(H,29,31,33)/b22-14+. The molecule has 0 saturated carbocycles. The Morgan fingerprint density at radius 3 is 2.39 bits per heavy atom. The molecule has 0 atom stereocenters. The molecule has 0 bridgehead atoms. The minimum atomic E-state index is -0.780. The molecule has 5 nitrogen and oxygen atoms in total. The maximum absolute atomic E-state index is 13.5. The number of nitrogens with one attached hydrogen (secondary N) is 1. The molecule has 0 aliphatic carbocycles. The Hall–Kier alpha value is -3.58. The van der Waals surface area contributed by atoms with E-state index in [1.807, 2.05) is 31.2 Å². The van der Waals surface area contributed by atoms with Gasteiger partial charge in [-0.1, -0.05) is 59.3 Å². The van der Waals surface area contributed by atoms with Gasteiger partial charge in [-0.15, -0.1) is 0 Å². The van der Waals surface area contributed by atoms with Crippen LogP contribution in [-0.4, -0.2) is 17.8 Å². The zero-order chi connectivity index (χ0) is 23.5. The average Bonchev–Trinajstić information content (AvgIpc) is 2.79. The molecule has 3 aromatic carbocycles. The van der Waals surface area contributed by atoms with E-state index in [-0.39, 0.29) is 11.4 Å². The molecule has 4 rings (SSSR count). The number of halogens is 2. The molecule has 1 saturated heterocycles. The van der Waals surface area contributed by atoms with E-state index < -0.39 is 17.8 Å². The van der Waals surface area contributed by atoms with Gasteiger partial charge in [0.15, 0.2) is 0 Å². The zero-order valence-electron chi connectivity index (χ0n) is 17.8. The second-order valence-corrected chi connectivity index (χ2v) is 8.49. The molecule has 0 unspecified atom stereocenters. The fourth-order valence-corrected chi connectivity index (χ4v) is 4.14. The molecule has 1 heterocycles. The number of aryl methyl sites for hydroxylation is 1. The summed E-state index contributed by atoms with van der Waals surface area (Å²) < 4.78 is 14.2. The Morgan fingerprint density at radius 2 is 1.73 bits per heavy atom. The first-order chi connectivity index (χ1) is 15.9. The third kappa shape index (κ3) is 4.93. The van der Waals surface area contributed by atoms with Crippen LogP contribution in [0.1, 0.15) is 29.2 Å². The van der Waals surface area contributed by atoms with Crippen LogP contribution in [0.2, 0.25) is 0 Å². The molecule has 0 radical (unpaired) electrons. The molecule has 1 N–H and O–H groups in total. The molecule has 4 amide bonds. The van der Waals surface area contributed by atoms with E-state index in [0.29, 0.717) is 17.7 Å². The van der Waals surface area contributed by atoms with Crippen LogP contribution in [0.15, 0.2) is 76.8 Å². The molecular formula is C26H20BrFN2O3. The van der Waals surface area contributed by atoms with Gasteiger partial charge >= 0.3 is 6.03 Å². The molecule has 1 aliphatic rings. The monoisotopic (exact) mass is 506 g/mol. The van der Waals surface area contributed by atoms with E-state index in [2.05, 4.69) is 21.2 Å². The first kappa shape index (κ1) is 22.6. The maximum atomic E-state index is 13.5. The zero-order valence-corrected chi connectivity index (χ0v) is 19.4. The van der Waals surface area contributed by atoms with Crippen molar-refractivity contribution in [2.45, 2.75) is 19.8 Å². The highest BCUT2D eigenvalue weighted by atomic mass is 79.9. The van der Waals surface area contributed by atoms with E-state index >= 15 is 0 Å². The highest BCUT2D eigenvalue weighted by Crippen LogP contribution is 2.26. The van der Waals surface area contributed by atoms with Gasteiger partial charge in [0.25, 0.3) is 11.8 Å². The van der Waals surface area contributed by atoms with Crippen LogP contribution in [0.4, 0.5) is 14.9 Å². The summed E-state index contributed by atoms with van der Waals surface area (Å²) in [4.78, 5) is 38.8. The third-order valence-corrected chi connectivity index (χ3v) is 6.11. The fourth-order valence-electron chi connectivity index (χ4n) is 3.60. The lowest BCUT2D eigenvalue weighted by molar-refractivity contribution is -0.122. The van der Waals surface area contributed by atoms with Gasteiger partial charge in [-0.25, -0.2) is 14.1 Å². The van der Waals surface area contributed by atoms with Crippen molar-refractivity contribution in [3.05, 3.63) is 105 Å². The van der Waals surface area contributed by atoms with Crippen LogP contribution < -0.4 is 10.2 Å². The predicted octanol–water partition coefficient (Wildman–Crippen LogP) is 5.41. The Balaban J connectivity index is 1.61. The number of nitrogens with zero attached hydrogens (tertiary/aromatic N) is 1. The number of rotatable bonds is 5. The van der Waals surface area contributed by atoms with Crippen molar-refractivity contribution < 1.29 is 18.8 Å². The van der Waals surface area contributed by atoms with E-state index in [1.54, 1.807) is 30.3 Å². The van der Waals surface area contributed by atoms with Gasteiger partial charge in [0.05, 0.1) is 5.69 Å². The van der Waals surface area contributed by atoms with Crippen molar-refractivity contribution in [3.8, 4) is 0 Å². The molecule has 1 fully saturated rings. The van der Waals surface area contributed by atoms with Crippen LogP contribution in [-0.2, 0) is 22.4 Å². The van der Waals surface area contributed by atoms with E-state index in [1.165, 1.54) is 18.2 Å². The molecule has 0 spiro atoms. The van der Waals surface area contributed by atoms with Crippen LogP contribution in [0.3, 0.4) is 0 Å². The van der Waals surface area contributed by atoms with Gasteiger partial charge in [0, 0.05) is 4.47 Å². The molecule has 1 aliphatic heterocycles. The van der Waals surface area contributed by atoms with Gasteiger partial charge in [0.2, 0.25) is 0 Å². The summed E-state index contributed by atoms with van der Waals surface area (Å²) in [7, 11) is 0. The Morgan fingerprint density at radius 1 is 0.970 bits per heavy atom. The number of hydrogen-bond acceptors (Lipinski definition) is 3. The average molecular weight is 507 g/mol. The van der Waals surface area contributed by atoms with Crippen molar-refractivity contribution >= 4 is 45.5 Å². The van der Waals surface area contributed by atoms with Crippen LogP contribution in [0.25, 0.3) is 6.08 Å². The van der Waals surface area contributed by atoms with Gasteiger partial charge in [0.1, 0.15) is 11.4 Å². The summed E-state index contributed by atoms with van der Waals surface area (Å²) in [6.45, 7) is 2.01. The summed E-state index contributed by atoms with van der Waals surface area (Å²) in [5.41, 5.74) is 3.68. The Kier molecular flexibility index (Phi) is 6.51. The Labute approximate surface area is 199 Å². The summed E-state index contributed by atoms with van der Waals surface area (Å²) in [6.07, 6.45) is 2.80. The second-order valence-electron chi connectivity index (χ2n) is 7.64. The number of carbonyl (C=O) groups excluding carboxylic acids is 3. The molecule has 3 aromatic rings. The number of barbiturate groups is 1. The normalized spacial score (nSPS) is 15.2. The lowest BCUT2D eigenvalue weighted by Gasteiger charge is -2.26. The summed E-state index contributed by atoms with van der Waals surface area (Å²) in [5, 5.41) is 2.23. The van der Waals surface area contributed by atoms with Crippen LogP contribution in [0, 0.1) is 5.82 Å². The number of carbonyl (C=O) groups is 3. The van der Waals surface area contributed by atoms with Gasteiger partial charge in [-0.2, -0.15) is 0 Å². The highest BCUT2D eigenvalue weighted by molar-refractivity contribution is 9.10. The topological polar surface area (TPSA) is 66.5 Å². The predicted molar refractivity (Wildman–Crippen MR) is 128 cm³/mol. The van der Waals surface area contributed by atoms with Crippen molar-refractivity contribution in [1.29, 1.82) is 0 Å². The maximum Gasteiger partial charge on any atom is 0.335 e. The third-order valence-electron chi connectivity index (χ3n) is 5.38. The van der Waals surface area contributed by atoms with Crippen molar-refractivity contribution in [1.82, 2.24) is 5.32 Å². The lowest BCUT2D eigenvalue weighted by Crippen LogP contribution is -2.54. The van der Waals surface area contributed by atoms with Crippen molar-refractivity contribution in [2.24, 2.45) is 0 Å². The van der Waals surface area contributed by atoms with Crippen molar-refractivity contribution in [3.63, 3.8) is 0 Å². The molecule has 166 valence electrons. The summed E-state index contributed by atoms with van der Waals surface area (Å²) in [5.74, 6) is -1.73. The van der Waals surface area contributed by atoms with Crippen LogP contribution in [0.5, 0.6) is 0 Å². The SMILES string of the molecule is CCc1ccc(N2C(=O)NC(=O)/C(=C\c3ccc(Cc4cccc(F)c4)c(Br)c3)C2=O)cc1. The largest absolute Gasteiger partial charge is 0.335 e. The summed E-state index contributed by atoms with van der Waals surface area (Å²) >= 11 is 3.52. The minimum Gasteiger partial charge on any atom is -0.273 e. The Bertz CT molecular complexity index is 1280. The quantitative estimate of drug-likeness (QED) is 0.371. The van der Waals surface area contributed by atoms with Gasteiger partial charge in [-0.05, 0) is 71.5 Å². The van der Waals surface area contributed by atoms with Crippen LogP contribution >= 0.6 is 15.9 Å².